The van der Waals surface area contributed by atoms with Gasteiger partial charge in [0.1, 0.15) is 0 Å². The van der Waals surface area contributed by atoms with Gasteiger partial charge in [-0.25, -0.2) is 0 Å². The van der Waals surface area contributed by atoms with Crippen molar-refractivity contribution in [3.8, 4) is 22.9 Å². The van der Waals surface area contributed by atoms with E-state index in [1.54, 1.807) is 23.6 Å². The summed E-state index contributed by atoms with van der Waals surface area (Å²) in [6.45, 7) is 8.67. The van der Waals surface area contributed by atoms with Gasteiger partial charge in [-0.3, -0.25) is 0 Å². The first-order chi connectivity index (χ1) is 24.3. The van der Waals surface area contributed by atoms with Crippen LogP contribution in [0.5, 0.6) is 11.5 Å². The zero-order valence-corrected chi connectivity index (χ0v) is 32.2. The molecule has 14 heteroatoms. The van der Waals surface area contributed by atoms with E-state index in [2.05, 4.69) is 118 Å². The number of rotatable bonds is 15. The Balaban J connectivity index is 1.07. The number of methoxy groups -OCH3 is 2. The number of nitrogens with one attached hydrogen (secondary N) is 2. The molecule has 0 aliphatic carbocycles. The molecule has 6 aromatic rings. The molecule has 2 unspecified atom stereocenters. The standard InChI is InChI=1S/C36H40N10O2Se2/c1-23(2)33(35-39-41-43-45(35)27-11-15-29(47-5)16-12-27)37-25-7-19-31(20-8-25)49-50-32-21-9-26(10-22-32)38-34(24(3)4)36-40-42-44-46(36)28-13-17-30(48-6)18-14-28/h7-24,33-34,37-38H,1-6H3. The molecule has 0 saturated heterocycles. The molecule has 0 amide bonds. The van der Waals surface area contributed by atoms with Gasteiger partial charge in [-0.1, -0.05) is 0 Å². The number of aromatic nitrogens is 8. The molecule has 2 atom stereocenters. The van der Waals surface area contributed by atoms with E-state index in [1.807, 2.05) is 48.5 Å². The van der Waals surface area contributed by atoms with Crippen molar-refractivity contribution in [2.24, 2.45) is 11.8 Å². The van der Waals surface area contributed by atoms with Gasteiger partial charge in [-0.05, 0) is 0 Å². The normalized spacial score (nSPS) is 12.6. The quantitative estimate of drug-likeness (QED) is 0.143. The average Bonchev–Trinajstić information content (AvgIpc) is 3.83. The number of nitrogens with zero attached hydrogens (tertiary/aromatic N) is 8. The summed E-state index contributed by atoms with van der Waals surface area (Å²) in [7, 11) is 3.31. The molecular weight excluding hydrogens is 762 g/mol. The Morgan fingerprint density at radius 1 is 0.520 bits per heavy atom. The van der Waals surface area contributed by atoms with Crippen molar-refractivity contribution in [3.63, 3.8) is 0 Å². The summed E-state index contributed by atoms with van der Waals surface area (Å²) >= 11 is 0.689. The van der Waals surface area contributed by atoms with Crippen molar-refractivity contribution in [2.75, 3.05) is 24.9 Å². The molecule has 0 aliphatic rings. The van der Waals surface area contributed by atoms with Crippen molar-refractivity contribution in [1.29, 1.82) is 0 Å². The minimum atomic E-state index is -0.0786. The Hall–Kier alpha value is -4.74. The second-order valence-electron chi connectivity index (χ2n) is 12.2. The fraction of sp³-hybridized carbons (Fsp3) is 0.278. The van der Waals surface area contributed by atoms with Crippen LogP contribution in [0.4, 0.5) is 11.4 Å². The van der Waals surface area contributed by atoms with E-state index in [9.17, 15) is 0 Å². The SMILES string of the molecule is COc1ccc(-n2nnnc2C(Nc2ccc([Se][Se]c3ccc(NC(c4nnnn4-c4ccc(OC)cc4)C(C)C)cc3)cc2)C(C)C)cc1. The molecule has 0 fully saturated rings. The summed E-state index contributed by atoms with van der Waals surface area (Å²) in [6, 6.07) is 32.8. The van der Waals surface area contributed by atoms with E-state index in [0.717, 1.165) is 45.9 Å². The van der Waals surface area contributed by atoms with Crippen LogP contribution >= 0.6 is 0 Å². The molecule has 2 heterocycles. The fourth-order valence-corrected chi connectivity index (χ4v) is 11.3. The topological polar surface area (TPSA) is 130 Å². The fourth-order valence-electron chi connectivity index (χ4n) is 5.32. The maximum absolute atomic E-state index is 5.31. The molecule has 0 bridgehead atoms. The molecule has 50 heavy (non-hydrogen) atoms. The Morgan fingerprint density at radius 3 is 1.20 bits per heavy atom. The second kappa shape index (κ2) is 16.3. The summed E-state index contributed by atoms with van der Waals surface area (Å²) < 4.78 is 16.9. The van der Waals surface area contributed by atoms with Crippen LogP contribution in [0.2, 0.25) is 0 Å². The molecule has 0 radical (unpaired) electrons. The summed E-state index contributed by atoms with van der Waals surface area (Å²) in [5, 5.41) is 32.7. The third-order valence-corrected chi connectivity index (χ3v) is 15.3. The van der Waals surface area contributed by atoms with E-state index >= 15 is 0 Å². The van der Waals surface area contributed by atoms with Crippen LogP contribution in [-0.4, -0.2) is 80.9 Å². The first-order valence-corrected chi connectivity index (χ1v) is 22.3. The summed E-state index contributed by atoms with van der Waals surface area (Å²) in [5.74, 6) is 3.60. The van der Waals surface area contributed by atoms with Gasteiger partial charge in [0.05, 0.1) is 14.2 Å². The summed E-state index contributed by atoms with van der Waals surface area (Å²) in [6.07, 6.45) is 0. The van der Waals surface area contributed by atoms with Gasteiger partial charge < -0.3 is 9.47 Å². The molecule has 0 saturated carbocycles. The number of tetrazole rings is 2. The van der Waals surface area contributed by atoms with Gasteiger partial charge in [0.2, 0.25) is 0 Å². The van der Waals surface area contributed by atoms with Crippen LogP contribution in [0.15, 0.2) is 97.1 Å². The van der Waals surface area contributed by atoms with Crippen molar-refractivity contribution in [3.05, 3.63) is 109 Å². The number of benzene rings is 4. The molecule has 258 valence electrons. The van der Waals surface area contributed by atoms with Gasteiger partial charge in [0, 0.05) is 0 Å². The molecular formula is C36H40N10O2Se2. The zero-order chi connectivity index (χ0) is 35.0. The predicted molar refractivity (Wildman–Crippen MR) is 197 cm³/mol. The third kappa shape index (κ3) is 8.34. The van der Waals surface area contributed by atoms with Crippen molar-refractivity contribution in [1.82, 2.24) is 40.4 Å². The van der Waals surface area contributed by atoms with Gasteiger partial charge in [-0.15, -0.1) is 0 Å². The number of ether oxygens (including phenoxy) is 2. The number of anilines is 2. The summed E-state index contributed by atoms with van der Waals surface area (Å²) in [4.78, 5) is 0. The van der Waals surface area contributed by atoms with Crippen LogP contribution in [0.25, 0.3) is 11.4 Å². The van der Waals surface area contributed by atoms with E-state index in [-0.39, 0.29) is 23.9 Å². The van der Waals surface area contributed by atoms with E-state index in [1.165, 1.54) is 8.92 Å². The summed E-state index contributed by atoms with van der Waals surface area (Å²) in [5.41, 5.74) is 3.84. The molecule has 2 N–H and O–H groups in total. The van der Waals surface area contributed by atoms with Crippen LogP contribution < -0.4 is 29.0 Å². The van der Waals surface area contributed by atoms with Crippen LogP contribution in [0.1, 0.15) is 51.4 Å². The van der Waals surface area contributed by atoms with Crippen LogP contribution in [0, 0.1) is 11.8 Å². The molecule has 0 aliphatic heterocycles. The minimum absolute atomic E-state index is 0.0786. The number of hydrogen-bond acceptors (Lipinski definition) is 10. The molecule has 12 nitrogen and oxygen atoms in total. The number of hydrogen-bond donors (Lipinski definition) is 2. The Labute approximate surface area is 303 Å². The first kappa shape index (κ1) is 35.1. The molecule has 2 aromatic heterocycles. The van der Waals surface area contributed by atoms with Gasteiger partial charge in [-0.2, -0.15) is 0 Å². The Bertz CT molecular complexity index is 1800. The average molecular weight is 803 g/mol. The maximum atomic E-state index is 5.31. The van der Waals surface area contributed by atoms with Gasteiger partial charge >= 0.3 is 281 Å². The van der Waals surface area contributed by atoms with Gasteiger partial charge in [0.25, 0.3) is 0 Å². The molecule has 6 rings (SSSR count). The van der Waals surface area contributed by atoms with E-state index < -0.39 is 0 Å². The zero-order valence-electron chi connectivity index (χ0n) is 28.8. The molecule has 0 spiro atoms. The van der Waals surface area contributed by atoms with Crippen molar-refractivity contribution >= 4 is 46.6 Å². The van der Waals surface area contributed by atoms with Crippen molar-refractivity contribution in [2.45, 2.75) is 39.8 Å². The monoisotopic (exact) mass is 804 g/mol. The first-order valence-electron chi connectivity index (χ1n) is 16.3. The van der Waals surface area contributed by atoms with E-state index in [4.69, 9.17) is 9.47 Å². The third-order valence-electron chi connectivity index (χ3n) is 8.10. The van der Waals surface area contributed by atoms with E-state index in [0.29, 0.717) is 26.3 Å². The predicted octanol–water partition coefficient (Wildman–Crippen LogP) is 4.55. The van der Waals surface area contributed by atoms with Crippen LogP contribution in [0.3, 0.4) is 0 Å². The Kier molecular flexibility index (Phi) is 11.4. The molecule has 4 aromatic carbocycles. The van der Waals surface area contributed by atoms with Crippen LogP contribution in [-0.2, 0) is 0 Å². The Morgan fingerprint density at radius 2 is 0.880 bits per heavy atom. The van der Waals surface area contributed by atoms with Gasteiger partial charge in [0.15, 0.2) is 0 Å². The van der Waals surface area contributed by atoms with Crippen molar-refractivity contribution < 1.29 is 9.47 Å². The second-order valence-corrected chi connectivity index (χ2v) is 18.6.